The molecule has 4 bridgehead atoms. The summed E-state index contributed by atoms with van der Waals surface area (Å²) >= 11 is 3.33. The molecule has 198 valence electrons. The number of fused-ring (bicyclic) bond motifs is 1. The first-order valence-corrected chi connectivity index (χ1v) is 14.2. The zero-order chi connectivity index (χ0) is 26.0. The zero-order valence-electron chi connectivity index (χ0n) is 21.7. The van der Waals surface area contributed by atoms with Crippen LogP contribution in [0.1, 0.15) is 54.6 Å². The number of halogens is 1. The van der Waals surface area contributed by atoms with Crippen LogP contribution in [0.2, 0.25) is 0 Å². The molecule has 0 aromatic carbocycles. The van der Waals surface area contributed by atoms with Crippen molar-refractivity contribution in [3.63, 3.8) is 0 Å². The van der Waals surface area contributed by atoms with Gasteiger partial charge in [0.05, 0.1) is 32.2 Å². The van der Waals surface area contributed by atoms with E-state index in [4.69, 9.17) is 19.6 Å². The van der Waals surface area contributed by atoms with Gasteiger partial charge >= 0.3 is 5.97 Å². The van der Waals surface area contributed by atoms with Crippen LogP contribution >= 0.6 is 15.9 Å². The molecule has 0 unspecified atom stereocenters. The van der Waals surface area contributed by atoms with Crippen molar-refractivity contribution in [2.24, 2.45) is 23.2 Å². The number of hydrogen-bond acceptors (Lipinski definition) is 8. The lowest BCUT2D eigenvalue weighted by molar-refractivity contribution is -0.0638. The van der Waals surface area contributed by atoms with Crippen molar-refractivity contribution in [2.75, 3.05) is 25.2 Å². The molecule has 0 amide bonds. The number of aromatic nitrogens is 5. The Morgan fingerprint density at radius 2 is 1.79 bits per heavy atom. The van der Waals surface area contributed by atoms with Gasteiger partial charge in [0.25, 0.3) is 0 Å². The molecule has 4 saturated carbocycles. The minimum absolute atomic E-state index is 0.359. The summed E-state index contributed by atoms with van der Waals surface area (Å²) in [6.45, 7) is 3.96. The maximum absolute atomic E-state index is 13.2. The third-order valence-electron chi connectivity index (χ3n) is 9.15. The highest BCUT2D eigenvalue weighted by atomic mass is 79.9. The second-order valence-electron chi connectivity index (χ2n) is 11.6. The number of methoxy groups -OCH3 is 1. The second kappa shape index (κ2) is 9.03. The lowest BCUT2D eigenvalue weighted by atomic mass is 9.49. The van der Waals surface area contributed by atoms with E-state index in [1.54, 1.807) is 18.6 Å². The standard InChI is InChI=1S/C28H31BrN6O3/c1-16-20(12-33-35(16)15-28-8-17-5-18(9-28)7-19(6-17)10-28)21-11-32-26-25(24(21)27(36)37-2)38-4-3-34(26)23-14-30-22(29)13-31-23/h11-14,17-19H,3-10,15H2,1-2H3. The molecule has 3 aromatic rings. The van der Waals surface area contributed by atoms with E-state index >= 15 is 0 Å². The quantitative estimate of drug-likeness (QED) is 0.374. The second-order valence-corrected chi connectivity index (χ2v) is 12.4. The largest absolute Gasteiger partial charge is 0.487 e. The number of hydrogen-bond donors (Lipinski definition) is 0. The van der Waals surface area contributed by atoms with E-state index < -0.39 is 5.97 Å². The third kappa shape index (κ3) is 3.90. The molecule has 0 atom stereocenters. The Balaban J connectivity index is 1.26. The minimum Gasteiger partial charge on any atom is -0.487 e. The molecule has 38 heavy (non-hydrogen) atoms. The van der Waals surface area contributed by atoms with Crippen molar-refractivity contribution < 1.29 is 14.3 Å². The summed E-state index contributed by atoms with van der Waals surface area (Å²) in [5, 5.41) is 4.84. The Hall–Kier alpha value is -3.01. The molecule has 8 rings (SSSR count). The lowest BCUT2D eigenvalue weighted by Gasteiger charge is -2.56. The van der Waals surface area contributed by atoms with Crippen molar-refractivity contribution in [2.45, 2.75) is 52.0 Å². The van der Waals surface area contributed by atoms with Gasteiger partial charge in [-0.3, -0.25) is 4.68 Å². The van der Waals surface area contributed by atoms with E-state index in [1.807, 2.05) is 11.1 Å². The van der Waals surface area contributed by atoms with Crippen LogP contribution in [0.4, 0.5) is 11.6 Å². The van der Waals surface area contributed by atoms with Gasteiger partial charge in [0.1, 0.15) is 16.8 Å². The van der Waals surface area contributed by atoms with Crippen molar-refractivity contribution in [3.8, 4) is 16.9 Å². The zero-order valence-corrected chi connectivity index (χ0v) is 23.3. The Morgan fingerprint density at radius 3 is 2.45 bits per heavy atom. The Labute approximate surface area is 230 Å². The predicted molar refractivity (Wildman–Crippen MR) is 144 cm³/mol. The summed E-state index contributed by atoms with van der Waals surface area (Å²) in [5.41, 5.74) is 3.32. The summed E-state index contributed by atoms with van der Waals surface area (Å²) in [5.74, 6) is 3.77. The monoisotopic (exact) mass is 578 g/mol. The first-order chi connectivity index (χ1) is 18.4. The molecule has 1 aliphatic heterocycles. The molecule has 0 radical (unpaired) electrons. The number of anilines is 2. The number of rotatable bonds is 5. The molecule has 4 heterocycles. The molecule has 0 saturated heterocycles. The lowest BCUT2D eigenvalue weighted by Crippen LogP contribution is -2.48. The van der Waals surface area contributed by atoms with Gasteiger partial charge in [-0.05, 0) is 84.5 Å². The third-order valence-corrected chi connectivity index (χ3v) is 9.56. The van der Waals surface area contributed by atoms with E-state index in [-0.39, 0.29) is 0 Å². The van der Waals surface area contributed by atoms with E-state index in [0.717, 1.165) is 35.6 Å². The molecular weight excluding hydrogens is 548 g/mol. The minimum atomic E-state index is -0.462. The molecular formula is C28H31BrN6O3. The number of ether oxygens (including phenoxy) is 2. The van der Waals surface area contributed by atoms with Crippen LogP contribution in [-0.4, -0.2) is 51.0 Å². The fourth-order valence-electron chi connectivity index (χ4n) is 8.01. The summed E-state index contributed by atoms with van der Waals surface area (Å²) < 4.78 is 14.1. The van der Waals surface area contributed by atoms with Crippen LogP contribution < -0.4 is 9.64 Å². The van der Waals surface area contributed by atoms with Crippen LogP contribution in [0.5, 0.6) is 5.75 Å². The molecule has 4 aliphatic carbocycles. The SMILES string of the molecule is COC(=O)c1c(-c2cnn(CC34CC5CC(CC(C5)C3)C4)c2C)cnc2c1OCCN2c1cnc(Br)cn1. The first-order valence-electron chi connectivity index (χ1n) is 13.4. The van der Waals surface area contributed by atoms with Crippen LogP contribution in [0, 0.1) is 30.1 Å². The van der Waals surface area contributed by atoms with Crippen molar-refractivity contribution in [1.82, 2.24) is 24.7 Å². The molecule has 3 aromatic heterocycles. The van der Waals surface area contributed by atoms with Gasteiger partial charge in [-0.15, -0.1) is 0 Å². The van der Waals surface area contributed by atoms with Gasteiger partial charge in [0.15, 0.2) is 17.4 Å². The molecule has 0 N–H and O–H groups in total. The topological polar surface area (TPSA) is 95.3 Å². The van der Waals surface area contributed by atoms with Gasteiger partial charge in [0, 0.05) is 29.6 Å². The molecule has 5 aliphatic rings. The highest BCUT2D eigenvalue weighted by Crippen LogP contribution is 2.60. The van der Waals surface area contributed by atoms with Crippen LogP contribution in [-0.2, 0) is 11.3 Å². The van der Waals surface area contributed by atoms with Gasteiger partial charge in [0.2, 0.25) is 0 Å². The maximum atomic E-state index is 13.2. The molecule has 9 nitrogen and oxygen atoms in total. The fourth-order valence-corrected chi connectivity index (χ4v) is 8.21. The van der Waals surface area contributed by atoms with E-state index in [2.05, 4.69) is 37.5 Å². The smallest absolute Gasteiger partial charge is 0.342 e. The van der Waals surface area contributed by atoms with Crippen LogP contribution in [0.25, 0.3) is 11.1 Å². The maximum Gasteiger partial charge on any atom is 0.342 e. The van der Waals surface area contributed by atoms with E-state index in [9.17, 15) is 4.79 Å². The summed E-state index contributed by atoms with van der Waals surface area (Å²) in [4.78, 5) is 28.6. The van der Waals surface area contributed by atoms with Crippen molar-refractivity contribution in [1.29, 1.82) is 0 Å². The van der Waals surface area contributed by atoms with Gasteiger partial charge in [-0.1, -0.05) is 0 Å². The van der Waals surface area contributed by atoms with E-state index in [0.29, 0.717) is 51.7 Å². The van der Waals surface area contributed by atoms with Gasteiger partial charge < -0.3 is 14.4 Å². The Kier molecular flexibility index (Phi) is 5.72. The highest BCUT2D eigenvalue weighted by Gasteiger charge is 2.51. The highest BCUT2D eigenvalue weighted by molar-refractivity contribution is 9.10. The van der Waals surface area contributed by atoms with Gasteiger partial charge in [-0.2, -0.15) is 5.10 Å². The summed E-state index contributed by atoms with van der Waals surface area (Å²) in [6, 6.07) is 0. The van der Waals surface area contributed by atoms with Crippen molar-refractivity contribution >= 4 is 33.5 Å². The number of pyridine rings is 1. The summed E-state index contributed by atoms with van der Waals surface area (Å²) in [7, 11) is 1.39. The average molecular weight is 579 g/mol. The summed E-state index contributed by atoms with van der Waals surface area (Å²) in [6.07, 6.45) is 15.2. The number of esters is 1. The van der Waals surface area contributed by atoms with Crippen LogP contribution in [0.3, 0.4) is 0 Å². The Bertz CT molecular complexity index is 1370. The number of carbonyl (C=O) groups excluding carboxylic acids is 1. The molecule has 4 fully saturated rings. The van der Waals surface area contributed by atoms with E-state index in [1.165, 1.54) is 45.6 Å². The fraction of sp³-hybridized carbons (Fsp3) is 0.536. The molecule has 0 spiro atoms. The van der Waals surface area contributed by atoms with Crippen LogP contribution in [0.15, 0.2) is 29.4 Å². The van der Waals surface area contributed by atoms with Crippen molar-refractivity contribution in [3.05, 3.63) is 40.6 Å². The number of carbonyl (C=O) groups is 1. The number of nitrogens with zero attached hydrogens (tertiary/aromatic N) is 6. The Morgan fingerprint density at radius 1 is 1.05 bits per heavy atom. The predicted octanol–water partition coefficient (Wildman–Crippen LogP) is 5.34. The normalized spacial score (nSPS) is 27.2. The first kappa shape index (κ1) is 24.1. The average Bonchev–Trinajstić information content (AvgIpc) is 3.25. The molecule has 10 heteroatoms. The van der Waals surface area contributed by atoms with Gasteiger partial charge in [-0.25, -0.2) is 19.7 Å².